The van der Waals surface area contributed by atoms with Gasteiger partial charge in [0.1, 0.15) is 0 Å². The van der Waals surface area contributed by atoms with E-state index in [2.05, 4.69) is 0 Å². The Labute approximate surface area is 263 Å². The Morgan fingerprint density at radius 3 is 0.581 bits per heavy atom. The number of halogens is 3. The molecule has 43 heavy (non-hydrogen) atoms. The molecule has 0 fully saturated rings. The van der Waals surface area contributed by atoms with E-state index < -0.39 is 19.9 Å². The van der Waals surface area contributed by atoms with Gasteiger partial charge in [-0.1, -0.05) is 0 Å². The quantitative estimate of drug-likeness (QED) is 0.141. The molecule has 6 aromatic carbocycles. The van der Waals surface area contributed by atoms with Gasteiger partial charge >= 0.3 is 266 Å². The molecule has 0 atom stereocenters. The van der Waals surface area contributed by atoms with Crippen LogP contribution in [-0.4, -0.2) is 0 Å². The molecule has 6 aromatic rings. The van der Waals surface area contributed by atoms with E-state index in [1.165, 1.54) is 0 Å². The third-order valence-electron chi connectivity index (χ3n) is 8.19. The van der Waals surface area contributed by atoms with Gasteiger partial charge in [0.2, 0.25) is 0 Å². The van der Waals surface area contributed by atoms with Crippen molar-refractivity contribution in [3.05, 3.63) is 182 Å². The maximum atomic E-state index is 17.7. The molecule has 7 heteroatoms. The molecule has 0 aliphatic rings. The van der Waals surface area contributed by atoms with E-state index in [-0.39, 0.29) is 0 Å². The fourth-order valence-electron chi connectivity index (χ4n) is 6.56. The van der Waals surface area contributed by atoms with Crippen LogP contribution >= 0.6 is 39.5 Å². The first kappa shape index (κ1) is 30.5. The summed E-state index contributed by atoms with van der Waals surface area (Å²) in [6, 6.07) is 59.2. The molecule has 0 aromatic heterocycles. The fourth-order valence-corrected chi connectivity index (χ4v) is 120. The van der Waals surface area contributed by atoms with Gasteiger partial charge in [0.25, 0.3) is 0 Å². The Morgan fingerprint density at radius 1 is 0.302 bits per heavy atom. The van der Waals surface area contributed by atoms with Crippen LogP contribution in [0.4, 0.5) is 0 Å². The summed E-state index contributed by atoms with van der Waals surface area (Å²) in [5.74, 6) is 0. The summed E-state index contributed by atoms with van der Waals surface area (Å²) in [4.78, 5) is 0. The van der Waals surface area contributed by atoms with Crippen molar-refractivity contribution < 1.29 is 12.5 Å². The number of hydrogen-bond acceptors (Lipinski definition) is 1. The van der Waals surface area contributed by atoms with Gasteiger partial charge in [0, 0.05) is 0 Å². The zero-order chi connectivity index (χ0) is 30.1. The van der Waals surface area contributed by atoms with E-state index >= 15 is 3.47 Å². The first-order chi connectivity index (χ1) is 20.7. The van der Waals surface area contributed by atoms with Gasteiger partial charge in [-0.2, -0.15) is 0 Å². The zero-order valence-corrected chi connectivity index (χ0v) is 30.2. The third kappa shape index (κ3) is 4.47. The molecule has 0 aliphatic carbocycles. The zero-order valence-electron chi connectivity index (χ0n) is 23.2. The summed E-state index contributed by atoms with van der Waals surface area (Å²) in [5.41, 5.74) is -8.17. The average molecular weight is 835 g/mol. The summed E-state index contributed by atoms with van der Waals surface area (Å²) in [6.07, 6.45) is 0. The van der Waals surface area contributed by atoms with Crippen LogP contribution in [-0.2, 0) is 12.5 Å². The molecule has 0 N–H and O–H groups in total. The standard InChI is InChI=1S/2C18H15P.3ClH.O.Re/c2*1-4-10-16(11-5-1)19(17-12-6-2-7-13-17)18-14-8-3-9-15-18;;;;;/h2*1-15H;3*1H;;/q;;;;;;+1/p-1. The Hall–Kier alpha value is -2.49. The van der Waals surface area contributed by atoms with E-state index in [4.69, 9.17) is 28.6 Å². The van der Waals surface area contributed by atoms with Gasteiger partial charge in [-0.15, -0.1) is 0 Å². The molecule has 220 valence electrons. The van der Waals surface area contributed by atoms with Crippen LogP contribution < -0.4 is 31.8 Å². The van der Waals surface area contributed by atoms with Gasteiger partial charge in [0.05, 0.1) is 0 Å². The molecule has 0 spiro atoms. The molecule has 0 aliphatic heterocycles. The molecule has 0 amide bonds. The average Bonchev–Trinajstić information content (AvgIpc) is 3.04. The fraction of sp³-hybridized carbons (Fsp3) is 0. The topological polar surface area (TPSA) is 17.1 Å². The van der Waals surface area contributed by atoms with Gasteiger partial charge in [-0.3, -0.25) is 0 Å². The Balaban J connectivity index is 1.98. The molecular formula is C36H32Cl3OP2Re. The van der Waals surface area contributed by atoms with Crippen LogP contribution in [0.1, 0.15) is 0 Å². The minimum atomic E-state index is -7.73. The van der Waals surface area contributed by atoms with E-state index in [0.717, 1.165) is 31.8 Å². The van der Waals surface area contributed by atoms with Gasteiger partial charge in [-0.05, 0) is 0 Å². The molecule has 0 saturated carbocycles. The van der Waals surface area contributed by atoms with Crippen LogP contribution in [0.3, 0.4) is 0 Å². The second kappa shape index (κ2) is 11.1. The molecule has 0 radical (unpaired) electrons. The third-order valence-corrected chi connectivity index (χ3v) is 102. The van der Waals surface area contributed by atoms with Crippen molar-refractivity contribution in [2.75, 3.05) is 0 Å². The van der Waals surface area contributed by atoms with Gasteiger partial charge < -0.3 is 0 Å². The van der Waals surface area contributed by atoms with Crippen molar-refractivity contribution in [1.29, 1.82) is 0 Å². The summed E-state index contributed by atoms with van der Waals surface area (Å²) < 4.78 is 17.7. The number of benzene rings is 6. The Kier molecular flexibility index (Phi) is 7.91. The summed E-state index contributed by atoms with van der Waals surface area (Å²) >= 11 is 0. The minimum absolute atomic E-state index is 0.802. The summed E-state index contributed by atoms with van der Waals surface area (Å²) in [6.45, 7) is 0. The molecule has 6 rings (SSSR count). The first-order valence-electron chi connectivity index (χ1n) is 13.9. The van der Waals surface area contributed by atoms with Crippen LogP contribution in [0.15, 0.2) is 182 Å². The van der Waals surface area contributed by atoms with E-state index in [0.29, 0.717) is 0 Å². The van der Waals surface area contributed by atoms with Crippen LogP contribution in [0, 0.1) is 0 Å². The molecular weight excluding hydrogens is 803 g/mol. The maximum absolute atomic E-state index is 17.7. The van der Waals surface area contributed by atoms with Gasteiger partial charge in [-0.25, -0.2) is 0 Å². The number of rotatable bonds is 8. The van der Waals surface area contributed by atoms with E-state index in [1.807, 2.05) is 182 Å². The second-order valence-corrected chi connectivity index (χ2v) is 86.4. The predicted octanol–water partition coefficient (Wildman–Crippen LogP) is 8.30. The SMILES string of the molecule is [O]=[Re]([Cl])([Cl])([Cl])([PH](c1ccccc1)(c1ccccc1)c1ccccc1)[PH](c1ccccc1)(c1ccccc1)c1ccccc1. The molecule has 0 unspecified atom stereocenters. The predicted molar refractivity (Wildman–Crippen MR) is 191 cm³/mol. The molecule has 0 bridgehead atoms. The van der Waals surface area contributed by atoms with Crippen LogP contribution in [0.5, 0.6) is 0 Å². The molecule has 0 saturated heterocycles. The summed E-state index contributed by atoms with van der Waals surface area (Å²) in [7, 11) is 17.5. The molecule has 0 heterocycles. The van der Waals surface area contributed by atoms with Crippen molar-refractivity contribution in [3.8, 4) is 0 Å². The van der Waals surface area contributed by atoms with Crippen molar-refractivity contribution in [3.63, 3.8) is 0 Å². The van der Waals surface area contributed by atoms with E-state index in [1.54, 1.807) is 0 Å². The van der Waals surface area contributed by atoms with Crippen LogP contribution in [0.2, 0.25) is 0 Å². The van der Waals surface area contributed by atoms with Crippen molar-refractivity contribution in [2.45, 2.75) is 0 Å². The van der Waals surface area contributed by atoms with Crippen molar-refractivity contribution in [1.82, 2.24) is 0 Å². The Morgan fingerprint density at radius 2 is 0.442 bits per heavy atom. The van der Waals surface area contributed by atoms with E-state index in [9.17, 15) is 0 Å². The summed E-state index contributed by atoms with van der Waals surface area (Å²) in [5, 5.41) is 4.81. The second-order valence-electron chi connectivity index (χ2n) is 10.5. The van der Waals surface area contributed by atoms with Crippen molar-refractivity contribution >= 4 is 71.3 Å². The van der Waals surface area contributed by atoms with Crippen molar-refractivity contribution in [2.24, 2.45) is 0 Å². The van der Waals surface area contributed by atoms with Gasteiger partial charge in [0.15, 0.2) is 0 Å². The Bertz CT molecular complexity index is 1590. The van der Waals surface area contributed by atoms with Crippen LogP contribution in [0.25, 0.3) is 0 Å². The molecule has 1 nitrogen and oxygen atoms in total. The monoisotopic (exact) mass is 834 g/mol. The number of hydrogen-bond donors (Lipinski definition) is 0. The first-order valence-corrected chi connectivity index (χ1v) is 37.0. The normalized spacial score (nSPS) is 14.7.